The molecule has 0 unspecified atom stereocenters. The van der Waals surface area contributed by atoms with Crippen molar-refractivity contribution < 1.29 is 9.90 Å². The van der Waals surface area contributed by atoms with Crippen LogP contribution in [0.15, 0.2) is 0 Å². The third kappa shape index (κ3) is 2.98. The number of aliphatic carboxylic acids is 1. The molecule has 3 rings (SSSR count). The van der Waals surface area contributed by atoms with Crippen molar-refractivity contribution in [3.05, 3.63) is 5.82 Å². The van der Waals surface area contributed by atoms with E-state index in [4.69, 9.17) is 5.11 Å². The van der Waals surface area contributed by atoms with E-state index in [9.17, 15) is 4.79 Å². The third-order valence-corrected chi connectivity index (χ3v) is 4.88. The Bertz CT molecular complexity index is 450. The Kier molecular flexibility index (Phi) is 3.95. The standard InChI is InChI=1S/C13H21N5O2/c19-13(20)11-6-10-5-8(1-3-9(10)7-14-11)2-4-12-15-17-18-16-12/h8-11,14H,1-7H2,(H,19,20)(H,15,16,17,18)/t8-,9+,10-,11-/m0/s1. The number of nitrogens with one attached hydrogen (secondary N) is 2. The summed E-state index contributed by atoms with van der Waals surface area (Å²) in [5.41, 5.74) is 0. The molecule has 3 N–H and O–H groups in total. The molecule has 1 aliphatic carbocycles. The number of hydrogen-bond acceptors (Lipinski definition) is 5. The normalized spacial score (nSPS) is 33.6. The Balaban J connectivity index is 1.52. The number of tetrazole rings is 1. The summed E-state index contributed by atoms with van der Waals surface area (Å²) in [6.07, 6.45) is 6.30. The molecular formula is C13H21N5O2. The summed E-state index contributed by atoms with van der Waals surface area (Å²) in [6.45, 7) is 0.860. The van der Waals surface area contributed by atoms with Crippen LogP contribution in [-0.4, -0.2) is 44.3 Å². The summed E-state index contributed by atoms with van der Waals surface area (Å²) in [4.78, 5) is 11.1. The highest BCUT2D eigenvalue weighted by molar-refractivity contribution is 5.73. The van der Waals surface area contributed by atoms with Crippen LogP contribution >= 0.6 is 0 Å². The van der Waals surface area contributed by atoms with Crippen molar-refractivity contribution in [1.29, 1.82) is 0 Å². The maximum absolute atomic E-state index is 11.1. The molecule has 1 saturated heterocycles. The van der Waals surface area contributed by atoms with E-state index in [0.29, 0.717) is 17.8 Å². The minimum atomic E-state index is -0.711. The van der Waals surface area contributed by atoms with Crippen molar-refractivity contribution in [2.24, 2.45) is 17.8 Å². The first kappa shape index (κ1) is 13.5. The molecule has 110 valence electrons. The topological polar surface area (TPSA) is 104 Å². The predicted octanol–water partition coefficient (Wildman–Crippen LogP) is 0.611. The first-order valence-electron chi connectivity index (χ1n) is 7.41. The number of H-pyrrole nitrogens is 1. The number of carboxylic acid groups (broad SMARTS) is 1. The average molecular weight is 279 g/mol. The van der Waals surface area contributed by atoms with Gasteiger partial charge in [0.15, 0.2) is 5.82 Å². The molecule has 2 fully saturated rings. The second-order valence-electron chi connectivity index (χ2n) is 6.10. The van der Waals surface area contributed by atoms with Crippen LogP contribution in [0.3, 0.4) is 0 Å². The number of nitrogens with zero attached hydrogens (tertiary/aromatic N) is 3. The van der Waals surface area contributed by atoms with Crippen molar-refractivity contribution in [2.75, 3.05) is 6.54 Å². The molecule has 0 aromatic carbocycles. The monoisotopic (exact) mass is 279 g/mol. The Morgan fingerprint density at radius 1 is 1.30 bits per heavy atom. The molecule has 0 bridgehead atoms. The summed E-state index contributed by atoms with van der Waals surface area (Å²) in [6, 6.07) is -0.354. The molecule has 4 atom stereocenters. The van der Waals surface area contributed by atoms with Gasteiger partial charge in [-0.05, 0) is 50.0 Å². The Hall–Kier alpha value is -1.50. The molecule has 1 aromatic rings. The molecule has 2 aliphatic rings. The first-order chi connectivity index (χ1) is 9.72. The fraction of sp³-hybridized carbons (Fsp3) is 0.846. The molecule has 2 heterocycles. The van der Waals surface area contributed by atoms with Crippen molar-refractivity contribution in [1.82, 2.24) is 25.9 Å². The van der Waals surface area contributed by atoms with E-state index >= 15 is 0 Å². The fourth-order valence-corrected chi connectivity index (χ4v) is 3.73. The number of rotatable bonds is 4. The SMILES string of the molecule is O=C(O)[C@@H]1C[C@@H]2C[C@H](CCc3nn[nH]n3)CC[C@@H]2CN1. The van der Waals surface area contributed by atoms with Crippen LogP contribution in [0.2, 0.25) is 0 Å². The Morgan fingerprint density at radius 2 is 2.20 bits per heavy atom. The lowest BCUT2D eigenvalue weighted by atomic mass is 9.69. The molecule has 1 aliphatic heterocycles. The number of aromatic amines is 1. The summed E-state index contributed by atoms with van der Waals surface area (Å²) in [5, 5.41) is 26.3. The van der Waals surface area contributed by atoms with Crippen LogP contribution in [-0.2, 0) is 11.2 Å². The number of fused-ring (bicyclic) bond motifs is 1. The Labute approximate surface area is 117 Å². The van der Waals surface area contributed by atoms with Crippen molar-refractivity contribution >= 4 is 5.97 Å². The highest BCUT2D eigenvalue weighted by Gasteiger charge is 2.37. The van der Waals surface area contributed by atoms with Gasteiger partial charge in [0.05, 0.1) is 0 Å². The summed E-state index contributed by atoms with van der Waals surface area (Å²) < 4.78 is 0. The van der Waals surface area contributed by atoms with Gasteiger partial charge in [0.2, 0.25) is 0 Å². The number of carbonyl (C=O) groups is 1. The molecule has 0 amide bonds. The van der Waals surface area contributed by atoms with Crippen LogP contribution in [0, 0.1) is 17.8 Å². The van der Waals surface area contributed by atoms with E-state index in [0.717, 1.165) is 38.1 Å². The molecule has 1 aromatic heterocycles. The van der Waals surface area contributed by atoms with Gasteiger partial charge in [-0.3, -0.25) is 4.79 Å². The molecule has 7 nitrogen and oxygen atoms in total. The van der Waals surface area contributed by atoms with Crippen LogP contribution in [0.1, 0.15) is 37.9 Å². The minimum absolute atomic E-state index is 0.354. The number of aromatic nitrogens is 4. The average Bonchev–Trinajstić information content (AvgIpc) is 2.97. The van der Waals surface area contributed by atoms with Crippen LogP contribution in [0.25, 0.3) is 0 Å². The Morgan fingerprint density at radius 3 is 2.95 bits per heavy atom. The van der Waals surface area contributed by atoms with Crippen molar-refractivity contribution in [3.8, 4) is 0 Å². The van der Waals surface area contributed by atoms with Gasteiger partial charge >= 0.3 is 5.97 Å². The summed E-state index contributed by atoms with van der Waals surface area (Å²) in [5.74, 6) is 1.95. The zero-order chi connectivity index (χ0) is 13.9. The molecule has 1 saturated carbocycles. The van der Waals surface area contributed by atoms with E-state index in [2.05, 4.69) is 25.9 Å². The van der Waals surface area contributed by atoms with Crippen molar-refractivity contribution in [3.63, 3.8) is 0 Å². The van der Waals surface area contributed by atoms with Gasteiger partial charge in [-0.1, -0.05) is 11.6 Å². The van der Waals surface area contributed by atoms with Gasteiger partial charge in [-0.25, -0.2) is 0 Å². The molecule has 7 heteroatoms. The fourth-order valence-electron chi connectivity index (χ4n) is 3.73. The molecular weight excluding hydrogens is 258 g/mol. The van der Waals surface area contributed by atoms with E-state index in [1.165, 1.54) is 12.8 Å². The number of piperidine rings is 1. The zero-order valence-electron chi connectivity index (χ0n) is 11.5. The van der Waals surface area contributed by atoms with Crippen LogP contribution in [0.4, 0.5) is 0 Å². The van der Waals surface area contributed by atoms with Crippen molar-refractivity contribution in [2.45, 2.75) is 44.6 Å². The highest BCUT2D eigenvalue weighted by atomic mass is 16.4. The van der Waals surface area contributed by atoms with E-state index in [1.54, 1.807) is 0 Å². The van der Waals surface area contributed by atoms with Crippen LogP contribution in [0.5, 0.6) is 0 Å². The minimum Gasteiger partial charge on any atom is -0.480 e. The predicted molar refractivity (Wildman–Crippen MR) is 70.9 cm³/mol. The van der Waals surface area contributed by atoms with Crippen LogP contribution < -0.4 is 5.32 Å². The quantitative estimate of drug-likeness (QED) is 0.746. The van der Waals surface area contributed by atoms with E-state index in [-0.39, 0.29) is 6.04 Å². The molecule has 0 radical (unpaired) electrons. The van der Waals surface area contributed by atoms with E-state index < -0.39 is 5.97 Å². The summed E-state index contributed by atoms with van der Waals surface area (Å²) >= 11 is 0. The van der Waals surface area contributed by atoms with Gasteiger partial charge in [0.1, 0.15) is 6.04 Å². The lowest BCUT2D eigenvalue weighted by molar-refractivity contribution is -0.141. The first-order valence-corrected chi connectivity index (χ1v) is 7.41. The smallest absolute Gasteiger partial charge is 0.320 e. The van der Waals surface area contributed by atoms with Gasteiger partial charge in [-0.2, -0.15) is 5.21 Å². The highest BCUT2D eigenvalue weighted by Crippen LogP contribution is 2.40. The number of hydrogen-bond donors (Lipinski definition) is 3. The molecule has 20 heavy (non-hydrogen) atoms. The maximum Gasteiger partial charge on any atom is 0.320 e. The third-order valence-electron chi connectivity index (χ3n) is 4.88. The zero-order valence-corrected chi connectivity index (χ0v) is 11.5. The lowest BCUT2D eigenvalue weighted by Crippen LogP contribution is -2.49. The van der Waals surface area contributed by atoms with Gasteiger partial charge in [0.25, 0.3) is 0 Å². The maximum atomic E-state index is 11.1. The summed E-state index contributed by atoms with van der Waals surface area (Å²) in [7, 11) is 0. The molecule has 0 spiro atoms. The van der Waals surface area contributed by atoms with Gasteiger partial charge in [-0.15, -0.1) is 10.2 Å². The second kappa shape index (κ2) is 5.87. The van der Waals surface area contributed by atoms with Gasteiger partial charge in [0, 0.05) is 6.42 Å². The van der Waals surface area contributed by atoms with Gasteiger partial charge < -0.3 is 10.4 Å². The number of aryl methyl sites for hydroxylation is 1. The number of carboxylic acids is 1. The lowest BCUT2D eigenvalue weighted by Gasteiger charge is -2.41. The second-order valence-corrected chi connectivity index (χ2v) is 6.10. The van der Waals surface area contributed by atoms with E-state index in [1.807, 2.05) is 0 Å². The largest absolute Gasteiger partial charge is 0.480 e.